The number of hydrogen-bond acceptors (Lipinski definition) is 5. The van der Waals surface area contributed by atoms with E-state index in [9.17, 15) is 9.59 Å². The normalized spacial score (nSPS) is 23.1. The molecule has 1 N–H and O–H groups in total. The lowest BCUT2D eigenvalue weighted by atomic mass is 9.83. The highest BCUT2D eigenvalue weighted by atomic mass is 35.5. The molecule has 0 radical (unpaired) electrons. The molecule has 0 spiro atoms. The van der Waals surface area contributed by atoms with Gasteiger partial charge in [0.1, 0.15) is 0 Å². The number of thioether (sulfide) groups is 1. The summed E-state index contributed by atoms with van der Waals surface area (Å²) in [6.07, 6.45) is 4.29. The lowest BCUT2D eigenvalue weighted by Gasteiger charge is -2.44. The molecule has 1 saturated heterocycles. The predicted molar refractivity (Wildman–Crippen MR) is 141 cm³/mol. The van der Waals surface area contributed by atoms with E-state index in [1.807, 2.05) is 67.4 Å². The van der Waals surface area contributed by atoms with Gasteiger partial charge in [0.2, 0.25) is 5.91 Å². The molecule has 4 rings (SSSR count). The molecule has 6 nitrogen and oxygen atoms in total. The van der Waals surface area contributed by atoms with Gasteiger partial charge in [0.25, 0.3) is 5.91 Å². The lowest BCUT2D eigenvalue weighted by molar-refractivity contribution is -0.132. The van der Waals surface area contributed by atoms with Gasteiger partial charge >= 0.3 is 0 Å². The first-order chi connectivity index (χ1) is 16.9. The fourth-order valence-electron chi connectivity index (χ4n) is 4.67. The molecule has 2 aromatic rings. The van der Waals surface area contributed by atoms with Crippen LogP contribution in [0.1, 0.15) is 37.3 Å². The van der Waals surface area contributed by atoms with Crippen molar-refractivity contribution in [2.75, 3.05) is 20.8 Å². The number of nitrogens with one attached hydrogen (secondary N) is 1. The van der Waals surface area contributed by atoms with Crippen LogP contribution in [0.25, 0.3) is 6.08 Å². The first kappa shape index (κ1) is 25.5. The van der Waals surface area contributed by atoms with Crippen LogP contribution >= 0.6 is 23.4 Å². The van der Waals surface area contributed by atoms with Crippen molar-refractivity contribution in [3.05, 3.63) is 63.5 Å². The summed E-state index contributed by atoms with van der Waals surface area (Å²) in [6, 6.07) is 13.2. The minimum atomic E-state index is -0.0969. The molecule has 2 aliphatic rings. The van der Waals surface area contributed by atoms with E-state index in [1.54, 1.807) is 18.9 Å². The van der Waals surface area contributed by atoms with Crippen LogP contribution in [-0.4, -0.2) is 48.8 Å². The number of ether oxygens (including phenoxy) is 2. The molecule has 2 aromatic carbocycles. The summed E-state index contributed by atoms with van der Waals surface area (Å²) >= 11 is 7.57. The Morgan fingerprint density at radius 2 is 1.97 bits per heavy atom. The van der Waals surface area contributed by atoms with E-state index in [2.05, 4.69) is 5.32 Å². The molecule has 3 unspecified atom stereocenters. The number of rotatable bonds is 7. The summed E-state index contributed by atoms with van der Waals surface area (Å²) in [6.45, 7) is 2.96. The van der Waals surface area contributed by atoms with Gasteiger partial charge in [0.15, 0.2) is 11.5 Å². The average molecular weight is 515 g/mol. The largest absolute Gasteiger partial charge is 0.493 e. The number of hydrogen-bond donors (Lipinski definition) is 1. The van der Waals surface area contributed by atoms with Crippen LogP contribution in [0.15, 0.2) is 47.4 Å². The number of carbonyl (C=O) groups excluding carboxylic acids is 2. The number of amides is 2. The number of benzene rings is 2. The van der Waals surface area contributed by atoms with Gasteiger partial charge in [0.05, 0.1) is 18.6 Å². The van der Waals surface area contributed by atoms with Gasteiger partial charge < -0.3 is 19.7 Å². The number of halogens is 1. The molecule has 186 valence electrons. The summed E-state index contributed by atoms with van der Waals surface area (Å²) in [5.41, 5.74) is 1.90. The average Bonchev–Trinajstić information content (AvgIpc) is 2.87. The van der Waals surface area contributed by atoms with Gasteiger partial charge in [-0.1, -0.05) is 29.8 Å². The Bertz CT molecular complexity index is 1100. The van der Waals surface area contributed by atoms with Gasteiger partial charge in [-0.2, -0.15) is 0 Å². The fourth-order valence-corrected chi connectivity index (χ4v) is 6.28. The molecule has 8 heteroatoms. The third-order valence-electron chi connectivity index (χ3n) is 6.60. The van der Waals surface area contributed by atoms with Crippen LogP contribution in [0, 0.1) is 5.92 Å². The van der Waals surface area contributed by atoms with Crippen molar-refractivity contribution in [2.24, 2.45) is 5.92 Å². The number of fused-ring (bicyclic) bond motifs is 1. The van der Waals surface area contributed by atoms with Crippen LogP contribution in [0.2, 0.25) is 5.02 Å². The van der Waals surface area contributed by atoms with Gasteiger partial charge in [-0.25, -0.2) is 0 Å². The predicted octanol–water partition coefficient (Wildman–Crippen LogP) is 5.15. The minimum absolute atomic E-state index is 0.00803. The summed E-state index contributed by atoms with van der Waals surface area (Å²) in [5, 5.41) is 4.00. The molecule has 0 bridgehead atoms. The molecule has 0 aromatic heterocycles. The molecule has 1 heterocycles. The maximum atomic E-state index is 13.2. The second-order valence-electron chi connectivity index (χ2n) is 8.85. The number of methoxy groups -OCH3 is 1. The van der Waals surface area contributed by atoms with E-state index >= 15 is 0 Å². The molecule has 3 atom stereocenters. The third kappa shape index (κ3) is 5.96. The van der Waals surface area contributed by atoms with Crippen LogP contribution in [0.3, 0.4) is 0 Å². The first-order valence-corrected chi connectivity index (χ1v) is 13.1. The maximum absolute atomic E-state index is 13.2. The van der Waals surface area contributed by atoms with Crippen LogP contribution in [-0.2, 0) is 16.1 Å². The number of carbonyl (C=O) groups is 2. The molecule has 1 aliphatic carbocycles. The molecule has 2 amide bonds. The van der Waals surface area contributed by atoms with Crippen LogP contribution < -0.4 is 14.8 Å². The van der Waals surface area contributed by atoms with Gasteiger partial charge in [-0.3, -0.25) is 9.59 Å². The number of likely N-dealkylation sites (N-methyl/N-ethyl adjacent to an activating group) is 1. The van der Waals surface area contributed by atoms with Gasteiger partial charge in [-0.05, 0) is 67.7 Å². The Labute approximate surface area is 216 Å². The van der Waals surface area contributed by atoms with Crippen molar-refractivity contribution < 1.29 is 19.1 Å². The molecule has 35 heavy (non-hydrogen) atoms. The zero-order valence-corrected chi connectivity index (χ0v) is 21.8. The SMILES string of the molecule is CCOc1ccc(/C=C2/SC3CCC(C(=O)NCc4ccc(Cl)cc4)CC3N(C)C2=O)cc1OC. The molecule has 1 aliphatic heterocycles. The molecular weight excluding hydrogens is 484 g/mol. The summed E-state index contributed by atoms with van der Waals surface area (Å²) < 4.78 is 11.0. The van der Waals surface area contributed by atoms with E-state index in [0.29, 0.717) is 41.0 Å². The van der Waals surface area contributed by atoms with E-state index in [4.69, 9.17) is 21.1 Å². The summed E-state index contributed by atoms with van der Waals surface area (Å²) in [7, 11) is 3.46. The quantitative estimate of drug-likeness (QED) is 0.518. The highest BCUT2D eigenvalue weighted by Gasteiger charge is 2.42. The zero-order chi connectivity index (χ0) is 24.9. The van der Waals surface area contributed by atoms with Crippen molar-refractivity contribution in [2.45, 2.75) is 44.0 Å². The fraction of sp³-hybridized carbons (Fsp3) is 0.407. The zero-order valence-electron chi connectivity index (χ0n) is 20.3. The van der Waals surface area contributed by atoms with Crippen molar-refractivity contribution in [1.82, 2.24) is 10.2 Å². The van der Waals surface area contributed by atoms with Crippen molar-refractivity contribution >= 4 is 41.3 Å². The van der Waals surface area contributed by atoms with E-state index < -0.39 is 0 Å². The first-order valence-electron chi connectivity index (χ1n) is 11.9. The Kier molecular flexibility index (Phi) is 8.29. The Hall–Kier alpha value is -2.64. The second-order valence-corrected chi connectivity index (χ2v) is 10.6. The number of nitrogens with zero attached hydrogens (tertiary/aromatic N) is 1. The molecule has 2 fully saturated rings. The van der Waals surface area contributed by atoms with E-state index in [1.165, 1.54) is 0 Å². The van der Waals surface area contributed by atoms with Gasteiger partial charge in [-0.15, -0.1) is 11.8 Å². The highest BCUT2D eigenvalue weighted by molar-refractivity contribution is 8.04. The Morgan fingerprint density at radius 3 is 2.69 bits per heavy atom. The topological polar surface area (TPSA) is 67.9 Å². The van der Waals surface area contributed by atoms with Crippen molar-refractivity contribution in [3.8, 4) is 11.5 Å². The van der Waals surface area contributed by atoms with Gasteiger partial charge in [0, 0.05) is 35.8 Å². The Morgan fingerprint density at radius 1 is 1.20 bits per heavy atom. The standard InChI is InChI=1S/C27H31ClN2O4S/c1-4-34-22-11-7-18(13-23(22)33-3)14-25-27(32)30(2)21-15-19(8-12-24(21)35-25)26(31)29-16-17-5-9-20(28)10-6-17/h5-7,9-11,13-14,19,21,24H,4,8,12,15-16H2,1-3H3,(H,29,31)/b25-14+. The van der Waals surface area contributed by atoms with Crippen molar-refractivity contribution in [1.29, 1.82) is 0 Å². The Balaban J connectivity index is 1.40. The second kappa shape index (κ2) is 11.4. The van der Waals surface area contributed by atoms with E-state index in [0.717, 1.165) is 24.0 Å². The van der Waals surface area contributed by atoms with E-state index in [-0.39, 0.29) is 29.0 Å². The lowest BCUT2D eigenvalue weighted by Crippen LogP contribution is -2.52. The smallest absolute Gasteiger partial charge is 0.260 e. The molecular formula is C27H31ClN2O4S. The summed E-state index contributed by atoms with van der Waals surface area (Å²) in [5.74, 6) is 1.27. The highest BCUT2D eigenvalue weighted by Crippen LogP contribution is 2.43. The molecule has 1 saturated carbocycles. The van der Waals surface area contributed by atoms with Crippen LogP contribution in [0.4, 0.5) is 0 Å². The third-order valence-corrected chi connectivity index (χ3v) is 8.25. The van der Waals surface area contributed by atoms with Crippen molar-refractivity contribution in [3.63, 3.8) is 0 Å². The maximum Gasteiger partial charge on any atom is 0.260 e. The minimum Gasteiger partial charge on any atom is -0.493 e. The summed E-state index contributed by atoms with van der Waals surface area (Å²) in [4.78, 5) is 28.6. The monoisotopic (exact) mass is 514 g/mol. The van der Waals surface area contributed by atoms with Crippen LogP contribution in [0.5, 0.6) is 11.5 Å².